The third-order valence-electron chi connectivity index (χ3n) is 5.23. The van der Waals surface area contributed by atoms with Crippen molar-refractivity contribution >= 4 is 11.8 Å². The zero-order valence-corrected chi connectivity index (χ0v) is 18.4. The van der Waals surface area contributed by atoms with Crippen LogP contribution in [0.15, 0.2) is 70.4 Å². The molecule has 0 bridgehead atoms. The van der Waals surface area contributed by atoms with E-state index in [0.29, 0.717) is 0 Å². The summed E-state index contributed by atoms with van der Waals surface area (Å²) < 4.78 is 2.62. The molecule has 4 aromatic rings. The van der Waals surface area contributed by atoms with Crippen LogP contribution < -0.4 is 5.69 Å². The second-order valence-corrected chi connectivity index (χ2v) is 8.53. The zero-order chi connectivity index (χ0) is 21.3. The van der Waals surface area contributed by atoms with E-state index < -0.39 is 0 Å². The summed E-state index contributed by atoms with van der Waals surface area (Å²) in [5.41, 5.74) is 7.72. The predicted molar refractivity (Wildman–Crippen MR) is 122 cm³/mol. The van der Waals surface area contributed by atoms with Gasteiger partial charge in [0.05, 0.1) is 5.69 Å². The van der Waals surface area contributed by atoms with Crippen LogP contribution in [0.4, 0.5) is 0 Å². The Bertz CT molecular complexity index is 1270. The highest BCUT2D eigenvalue weighted by molar-refractivity contribution is 7.98. The highest BCUT2D eigenvalue weighted by Crippen LogP contribution is 2.32. The van der Waals surface area contributed by atoms with Crippen molar-refractivity contribution in [1.29, 1.82) is 0 Å². The molecule has 3 aromatic carbocycles. The van der Waals surface area contributed by atoms with E-state index in [1.54, 1.807) is 18.8 Å². The van der Waals surface area contributed by atoms with Crippen LogP contribution in [0.2, 0.25) is 0 Å². The van der Waals surface area contributed by atoms with E-state index in [-0.39, 0.29) is 5.69 Å². The lowest BCUT2D eigenvalue weighted by atomic mass is 10.0. The second kappa shape index (κ2) is 8.32. The minimum Gasteiger partial charge on any atom is -0.244 e. The van der Waals surface area contributed by atoms with Gasteiger partial charge in [0, 0.05) is 17.7 Å². The van der Waals surface area contributed by atoms with Gasteiger partial charge < -0.3 is 0 Å². The van der Waals surface area contributed by atoms with Gasteiger partial charge in [0.1, 0.15) is 0 Å². The van der Waals surface area contributed by atoms with Crippen LogP contribution in [-0.2, 0) is 12.8 Å². The number of nitrogens with zero attached hydrogens (tertiary/aromatic N) is 4. The number of aryl methyl sites for hydroxylation is 4. The Morgan fingerprint density at radius 3 is 2.33 bits per heavy atom. The summed E-state index contributed by atoms with van der Waals surface area (Å²) in [6.45, 7) is 6.32. The lowest BCUT2D eigenvalue weighted by Crippen LogP contribution is -2.23. The van der Waals surface area contributed by atoms with Gasteiger partial charge in [-0.05, 0) is 71.1 Å². The Morgan fingerprint density at radius 1 is 0.867 bits per heavy atom. The number of aromatic nitrogens is 4. The number of thioether (sulfide) groups is 1. The van der Waals surface area contributed by atoms with Gasteiger partial charge in [0.15, 0.2) is 0 Å². The molecule has 0 amide bonds. The van der Waals surface area contributed by atoms with E-state index in [1.807, 2.05) is 12.1 Å². The molecule has 4 rings (SSSR count). The highest BCUT2D eigenvalue weighted by Gasteiger charge is 2.14. The third kappa shape index (κ3) is 3.96. The fraction of sp³-hybridized carbons (Fsp3) is 0.208. The molecule has 0 atom stereocenters. The summed E-state index contributed by atoms with van der Waals surface area (Å²) in [4.78, 5) is 13.6. The van der Waals surface area contributed by atoms with Crippen molar-refractivity contribution in [1.82, 2.24) is 19.8 Å². The van der Waals surface area contributed by atoms with Crippen LogP contribution in [-0.4, -0.2) is 19.8 Å². The monoisotopic (exact) mass is 416 g/mol. The van der Waals surface area contributed by atoms with Crippen LogP contribution in [0.1, 0.15) is 22.3 Å². The quantitative estimate of drug-likeness (QED) is 0.437. The van der Waals surface area contributed by atoms with Crippen molar-refractivity contribution in [3.05, 3.63) is 93.4 Å². The van der Waals surface area contributed by atoms with Gasteiger partial charge in [-0.1, -0.05) is 54.1 Å². The van der Waals surface area contributed by atoms with Crippen molar-refractivity contribution in [3.8, 4) is 16.8 Å². The van der Waals surface area contributed by atoms with Gasteiger partial charge in [0.2, 0.25) is 0 Å². The van der Waals surface area contributed by atoms with Crippen LogP contribution in [0.5, 0.6) is 0 Å². The van der Waals surface area contributed by atoms with E-state index in [2.05, 4.69) is 79.7 Å². The van der Waals surface area contributed by atoms with Crippen molar-refractivity contribution in [2.75, 3.05) is 0 Å². The van der Waals surface area contributed by atoms with E-state index in [1.165, 1.54) is 36.5 Å². The summed E-state index contributed by atoms with van der Waals surface area (Å²) in [7, 11) is 1.61. The molecule has 0 saturated carbocycles. The van der Waals surface area contributed by atoms with Gasteiger partial charge in [-0.25, -0.2) is 4.79 Å². The number of hydrogen-bond acceptors (Lipinski definition) is 4. The van der Waals surface area contributed by atoms with Crippen LogP contribution in [0, 0.1) is 20.8 Å². The maximum absolute atomic E-state index is 12.4. The van der Waals surface area contributed by atoms with Gasteiger partial charge in [-0.15, -0.1) is 11.8 Å². The van der Waals surface area contributed by atoms with Crippen LogP contribution >= 0.6 is 11.8 Å². The Morgan fingerprint density at radius 2 is 1.63 bits per heavy atom. The number of tetrazole rings is 1. The van der Waals surface area contributed by atoms with Crippen molar-refractivity contribution < 1.29 is 0 Å². The molecule has 0 spiro atoms. The molecule has 30 heavy (non-hydrogen) atoms. The van der Waals surface area contributed by atoms with Crippen molar-refractivity contribution in [3.63, 3.8) is 0 Å². The highest BCUT2D eigenvalue weighted by atomic mass is 32.2. The Balaban J connectivity index is 1.61. The lowest BCUT2D eigenvalue weighted by molar-refractivity contribution is 0.692. The topological polar surface area (TPSA) is 52.7 Å². The van der Waals surface area contributed by atoms with Gasteiger partial charge in [-0.3, -0.25) is 0 Å². The summed E-state index contributed by atoms with van der Waals surface area (Å²) in [5, 5.41) is 7.87. The molecular formula is C24H24N4OS. The third-order valence-corrected chi connectivity index (χ3v) is 6.44. The van der Waals surface area contributed by atoms with E-state index in [9.17, 15) is 4.79 Å². The lowest BCUT2D eigenvalue weighted by Gasteiger charge is -2.13. The SMILES string of the molecule is Cc1cccc(-c2ccc(SCc3c(C)cccc3-n3nnn(C)c3=O)c(C)c2)c1. The number of hydrogen-bond donors (Lipinski definition) is 0. The number of benzene rings is 3. The van der Waals surface area contributed by atoms with E-state index in [0.717, 1.165) is 22.6 Å². The first-order valence-electron chi connectivity index (χ1n) is 9.82. The molecule has 0 aliphatic heterocycles. The molecular weight excluding hydrogens is 392 g/mol. The van der Waals surface area contributed by atoms with E-state index >= 15 is 0 Å². The summed E-state index contributed by atoms with van der Waals surface area (Å²) in [6, 6.07) is 21.1. The summed E-state index contributed by atoms with van der Waals surface area (Å²) >= 11 is 1.77. The molecule has 1 heterocycles. The minimum atomic E-state index is -0.245. The fourth-order valence-electron chi connectivity index (χ4n) is 3.50. The Hall–Kier alpha value is -3.12. The average molecular weight is 417 g/mol. The molecule has 0 saturated heterocycles. The normalized spacial score (nSPS) is 11.1. The zero-order valence-electron chi connectivity index (χ0n) is 17.6. The van der Waals surface area contributed by atoms with E-state index in [4.69, 9.17) is 0 Å². The first kappa shape index (κ1) is 20.2. The molecule has 0 unspecified atom stereocenters. The van der Waals surface area contributed by atoms with Gasteiger partial charge in [0.25, 0.3) is 0 Å². The molecule has 0 radical (unpaired) electrons. The van der Waals surface area contributed by atoms with Crippen LogP contribution in [0.25, 0.3) is 16.8 Å². The molecule has 0 aliphatic carbocycles. The maximum atomic E-state index is 12.4. The fourth-order valence-corrected chi connectivity index (χ4v) is 4.63. The largest absolute Gasteiger partial charge is 0.368 e. The van der Waals surface area contributed by atoms with Crippen LogP contribution in [0.3, 0.4) is 0 Å². The molecule has 0 fully saturated rings. The standard InChI is InChI=1S/C24H24N4OS/c1-16-7-5-9-19(13-16)20-11-12-23(18(3)14-20)30-15-21-17(2)8-6-10-22(21)28-24(29)27(4)25-26-28/h5-14H,15H2,1-4H3. The molecule has 152 valence electrons. The van der Waals surface area contributed by atoms with Gasteiger partial charge in [-0.2, -0.15) is 9.36 Å². The maximum Gasteiger partial charge on any atom is 0.368 e. The molecule has 1 aromatic heterocycles. The predicted octanol–water partition coefficient (Wildman–Crippen LogP) is 4.85. The smallest absolute Gasteiger partial charge is 0.244 e. The Labute approximate surface area is 180 Å². The average Bonchev–Trinajstić information content (AvgIpc) is 3.06. The first-order chi connectivity index (χ1) is 14.4. The molecule has 0 N–H and O–H groups in total. The molecule has 6 heteroatoms. The van der Waals surface area contributed by atoms with Crippen molar-refractivity contribution in [2.45, 2.75) is 31.4 Å². The number of rotatable bonds is 5. The summed E-state index contributed by atoms with van der Waals surface area (Å²) in [6.07, 6.45) is 0. The molecule has 5 nitrogen and oxygen atoms in total. The second-order valence-electron chi connectivity index (χ2n) is 7.51. The Kier molecular flexibility index (Phi) is 5.59. The van der Waals surface area contributed by atoms with Gasteiger partial charge >= 0.3 is 5.69 Å². The first-order valence-corrected chi connectivity index (χ1v) is 10.8. The molecule has 0 aliphatic rings. The summed E-state index contributed by atoms with van der Waals surface area (Å²) in [5.74, 6) is 0.746. The minimum absolute atomic E-state index is 0.245. The van der Waals surface area contributed by atoms with Crippen molar-refractivity contribution in [2.24, 2.45) is 7.05 Å².